The first-order chi connectivity index (χ1) is 10.1. The molecule has 0 bridgehead atoms. The molecule has 0 aromatic rings. The average molecular weight is 301 g/mol. The summed E-state index contributed by atoms with van der Waals surface area (Å²) in [6, 6.07) is 0. The maximum absolute atomic E-state index is 10.6. The summed E-state index contributed by atoms with van der Waals surface area (Å²) in [5.41, 5.74) is 5.19. The maximum Gasteiger partial charge on any atom is 0.330 e. The summed E-state index contributed by atoms with van der Waals surface area (Å²) in [6.07, 6.45) is 6.54. The molecule has 0 heterocycles. The number of esters is 2. The van der Waals surface area contributed by atoms with E-state index in [0.29, 0.717) is 32.7 Å². The highest BCUT2D eigenvalue weighted by atomic mass is 16.5. The lowest BCUT2D eigenvalue weighted by molar-refractivity contribution is -0.140. The van der Waals surface area contributed by atoms with Crippen LogP contribution in [0.1, 0.15) is 32.1 Å². The number of ether oxygens (including phenoxy) is 2. The molecule has 0 radical (unpaired) electrons. The standard InChI is InChI=1S/C10H14O4.C5H13NO/c1-3-9(11)13-7-5-6-8-14-10(12)4-2;6-4-2-1-3-5-7/h3-4H,1-2,5-8H2;7H,1-6H2. The minimum Gasteiger partial charge on any atom is -0.463 e. The molecule has 0 spiro atoms. The first-order valence-electron chi connectivity index (χ1n) is 7.01. The van der Waals surface area contributed by atoms with E-state index in [-0.39, 0.29) is 0 Å². The molecule has 0 aliphatic heterocycles. The van der Waals surface area contributed by atoms with Gasteiger partial charge >= 0.3 is 11.9 Å². The summed E-state index contributed by atoms with van der Waals surface area (Å²) >= 11 is 0. The van der Waals surface area contributed by atoms with Crippen molar-refractivity contribution in [3.05, 3.63) is 25.3 Å². The molecule has 0 aliphatic rings. The van der Waals surface area contributed by atoms with E-state index >= 15 is 0 Å². The normalized spacial score (nSPS) is 9.05. The van der Waals surface area contributed by atoms with Crippen LogP contribution in [0.25, 0.3) is 0 Å². The van der Waals surface area contributed by atoms with E-state index in [1.54, 1.807) is 0 Å². The molecule has 21 heavy (non-hydrogen) atoms. The minimum atomic E-state index is -0.437. The second-order valence-corrected chi connectivity index (χ2v) is 4.02. The summed E-state index contributed by atoms with van der Waals surface area (Å²) in [5.74, 6) is -0.874. The number of hydrogen-bond donors (Lipinski definition) is 2. The summed E-state index contributed by atoms with van der Waals surface area (Å²) in [5, 5.41) is 8.25. The fourth-order valence-electron chi connectivity index (χ4n) is 1.10. The Morgan fingerprint density at radius 1 is 0.905 bits per heavy atom. The fourth-order valence-corrected chi connectivity index (χ4v) is 1.10. The third-order valence-electron chi connectivity index (χ3n) is 2.22. The molecule has 0 unspecified atom stereocenters. The van der Waals surface area contributed by atoms with Crippen LogP contribution in [0.3, 0.4) is 0 Å². The molecule has 6 nitrogen and oxygen atoms in total. The Balaban J connectivity index is 0. The van der Waals surface area contributed by atoms with Crippen molar-refractivity contribution in [2.24, 2.45) is 5.73 Å². The largest absolute Gasteiger partial charge is 0.463 e. The van der Waals surface area contributed by atoms with Crippen LogP contribution >= 0.6 is 0 Å². The van der Waals surface area contributed by atoms with Gasteiger partial charge in [0.05, 0.1) is 13.2 Å². The Morgan fingerprint density at radius 3 is 1.71 bits per heavy atom. The van der Waals surface area contributed by atoms with Crippen LogP contribution < -0.4 is 5.73 Å². The van der Waals surface area contributed by atoms with Gasteiger partial charge in [-0.2, -0.15) is 0 Å². The number of nitrogens with two attached hydrogens (primary N) is 1. The lowest BCUT2D eigenvalue weighted by atomic mass is 10.2. The van der Waals surface area contributed by atoms with Gasteiger partial charge in [0.2, 0.25) is 0 Å². The molecule has 0 saturated carbocycles. The second kappa shape index (κ2) is 18.3. The highest BCUT2D eigenvalue weighted by molar-refractivity contribution is 5.81. The fraction of sp³-hybridized carbons (Fsp3) is 0.600. The van der Waals surface area contributed by atoms with Crippen LogP contribution in [0.15, 0.2) is 25.3 Å². The van der Waals surface area contributed by atoms with Gasteiger partial charge in [-0.05, 0) is 38.6 Å². The van der Waals surface area contributed by atoms with Crippen molar-refractivity contribution in [2.75, 3.05) is 26.4 Å². The first-order valence-corrected chi connectivity index (χ1v) is 7.01. The quantitative estimate of drug-likeness (QED) is 0.339. The molecule has 6 heteroatoms. The Hall–Kier alpha value is -1.66. The van der Waals surface area contributed by atoms with Crippen molar-refractivity contribution in [3.63, 3.8) is 0 Å². The molecule has 0 saturated heterocycles. The molecule has 0 rings (SSSR count). The number of rotatable bonds is 11. The van der Waals surface area contributed by atoms with Gasteiger partial charge in [0.15, 0.2) is 0 Å². The molecule has 0 atom stereocenters. The predicted octanol–water partition coefficient (Wildman–Crippen LogP) is 1.33. The van der Waals surface area contributed by atoms with Gasteiger partial charge < -0.3 is 20.3 Å². The zero-order chi connectivity index (χ0) is 16.3. The van der Waals surface area contributed by atoms with Crippen LogP contribution in [0.2, 0.25) is 0 Å². The molecule has 0 aliphatic carbocycles. The van der Waals surface area contributed by atoms with Crippen molar-refractivity contribution in [1.29, 1.82) is 0 Å². The summed E-state index contributed by atoms with van der Waals surface area (Å²) in [6.45, 7) is 8.20. The van der Waals surface area contributed by atoms with Gasteiger partial charge in [-0.1, -0.05) is 13.2 Å². The highest BCUT2D eigenvalue weighted by Crippen LogP contribution is 1.93. The highest BCUT2D eigenvalue weighted by Gasteiger charge is 1.97. The van der Waals surface area contributed by atoms with E-state index in [1.165, 1.54) is 0 Å². The van der Waals surface area contributed by atoms with Crippen LogP contribution in [0, 0.1) is 0 Å². The van der Waals surface area contributed by atoms with E-state index in [9.17, 15) is 9.59 Å². The van der Waals surface area contributed by atoms with Gasteiger partial charge in [-0.25, -0.2) is 9.59 Å². The molecular weight excluding hydrogens is 274 g/mol. The Morgan fingerprint density at radius 2 is 1.38 bits per heavy atom. The van der Waals surface area contributed by atoms with Crippen molar-refractivity contribution >= 4 is 11.9 Å². The van der Waals surface area contributed by atoms with Crippen molar-refractivity contribution in [2.45, 2.75) is 32.1 Å². The number of carbonyl (C=O) groups is 2. The Kier molecular flexibility index (Phi) is 18.9. The predicted molar refractivity (Wildman–Crippen MR) is 81.5 cm³/mol. The van der Waals surface area contributed by atoms with Crippen LogP contribution in [-0.4, -0.2) is 43.4 Å². The third-order valence-corrected chi connectivity index (χ3v) is 2.22. The lowest BCUT2D eigenvalue weighted by Crippen LogP contribution is -2.05. The van der Waals surface area contributed by atoms with E-state index < -0.39 is 11.9 Å². The van der Waals surface area contributed by atoms with E-state index in [0.717, 1.165) is 38.0 Å². The van der Waals surface area contributed by atoms with Gasteiger partial charge in [-0.3, -0.25) is 0 Å². The van der Waals surface area contributed by atoms with E-state index in [1.807, 2.05) is 0 Å². The second-order valence-electron chi connectivity index (χ2n) is 4.02. The number of hydrogen-bond acceptors (Lipinski definition) is 6. The molecule has 3 N–H and O–H groups in total. The smallest absolute Gasteiger partial charge is 0.330 e. The zero-order valence-electron chi connectivity index (χ0n) is 12.6. The van der Waals surface area contributed by atoms with Crippen molar-refractivity contribution in [3.8, 4) is 0 Å². The number of unbranched alkanes of at least 4 members (excludes halogenated alkanes) is 3. The van der Waals surface area contributed by atoms with Crippen LogP contribution in [0.5, 0.6) is 0 Å². The summed E-state index contributed by atoms with van der Waals surface area (Å²) in [7, 11) is 0. The summed E-state index contributed by atoms with van der Waals surface area (Å²) < 4.78 is 9.41. The topological polar surface area (TPSA) is 98.9 Å². The number of carbonyl (C=O) groups excluding carboxylic acids is 2. The Bertz CT molecular complexity index is 264. The Labute approximate surface area is 126 Å². The minimum absolute atomic E-state index is 0.306. The molecule has 0 aromatic heterocycles. The molecule has 0 fully saturated rings. The first kappa shape index (κ1) is 21.6. The maximum atomic E-state index is 10.6. The molecule has 0 aromatic carbocycles. The van der Waals surface area contributed by atoms with E-state index in [2.05, 4.69) is 13.2 Å². The zero-order valence-corrected chi connectivity index (χ0v) is 12.6. The molecule has 0 amide bonds. The number of aliphatic hydroxyl groups is 1. The van der Waals surface area contributed by atoms with Crippen LogP contribution in [-0.2, 0) is 19.1 Å². The lowest BCUT2D eigenvalue weighted by Gasteiger charge is -2.02. The third kappa shape index (κ3) is 20.8. The SMILES string of the molecule is C=CC(=O)OCCCCOC(=O)C=C.NCCCCCO. The van der Waals surface area contributed by atoms with Gasteiger partial charge in [-0.15, -0.1) is 0 Å². The average Bonchev–Trinajstić information content (AvgIpc) is 2.51. The molecular formula is C15H27NO5. The monoisotopic (exact) mass is 301 g/mol. The number of aliphatic hydroxyl groups excluding tert-OH is 1. The summed E-state index contributed by atoms with van der Waals surface area (Å²) in [4.78, 5) is 21.1. The van der Waals surface area contributed by atoms with Crippen molar-refractivity contribution in [1.82, 2.24) is 0 Å². The van der Waals surface area contributed by atoms with Gasteiger partial charge in [0.25, 0.3) is 0 Å². The van der Waals surface area contributed by atoms with Gasteiger partial charge in [0, 0.05) is 18.8 Å². The molecule has 122 valence electrons. The van der Waals surface area contributed by atoms with E-state index in [4.69, 9.17) is 20.3 Å². The van der Waals surface area contributed by atoms with Gasteiger partial charge in [0.1, 0.15) is 0 Å². The van der Waals surface area contributed by atoms with Crippen LogP contribution in [0.4, 0.5) is 0 Å². The van der Waals surface area contributed by atoms with Crippen molar-refractivity contribution < 1.29 is 24.2 Å².